The second-order valence-corrected chi connectivity index (χ2v) is 4.00. The summed E-state index contributed by atoms with van der Waals surface area (Å²) >= 11 is 0. The normalized spacial score (nSPS) is 9.85. The molecule has 2 rings (SSSR count). The highest BCUT2D eigenvalue weighted by atomic mass is 16.5. The lowest BCUT2D eigenvalue weighted by atomic mass is 10.3. The molecule has 1 heterocycles. The third-order valence-electron chi connectivity index (χ3n) is 2.64. The summed E-state index contributed by atoms with van der Waals surface area (Å²) in [5.74, 6) is 1.17. The molecule has 20 heavy (non-hydrogen) atoms. The van der Waals surface area contributed by atoms with E-state index in [2.05, 4.69) is 10.3 Å². The first-order valence-corrected chi connectivity index (χ1v) is 6.25. The molecule has 1 aromatic heterocycles. The number of amides is 1. The van der Waals surface area contributed by atoms with Gasteiger partial charge in [0.15, 0.2) is 11.5 Å². The molecular weight excluding hydrogens is 256 g/mol. The predicted molar refractivity (Wildman–Crippen MR) is 75.1 cm³/mol. The maximum atomic E-state index is 11.7. The SMILES string of the molecule is COc1ccccc1OCCNC(=O)c1cccnc1. The minimum Gasteiger partial charge on any atom is -0.493 e. The Labute approximate surface area is 117 Å². The van der Waals surface area contributed by atoms with E-state index in [9.17, 15) is 4.79 Å². The summed E-state index contributed by atoms with van der Waals surface area (Å²) in [6.45, 7) is 0.776. The second-order valence-electron chi connectivity index (χ2n) is 4.00. The third-order valence-corrected chi connectivity index (χ3v) is 2.64. The number of methoxy groups -OCH3 is 1. The van der Waals surface area contributed by atoms with Crippen LogP contribution in [0.2, 0.25) is 0 Å². The number of carbonyl (C=O) groups excluding carboxylic acids is 1. The fraction of sp³-hybridized carbons (Fsp3) is 0.200. The monoisotopic (exact) mass is 272 g/mol. The van der Waals surface area contributed by atoms with Crippen molar-refractivity contribution in [2.75, 3.05) is 20.3 Å². The van der Waals surface area contributed by atoms with Crippen molar-refractivity contribution in [3.63, 3.8) is 0 Å². The van der Waals surface area contributed by atoms with E-state index < -0.39 is 0 Å². The van der Waals surface area contributed by atoms with Crippen LogP contribution in [-0.4, -0.2) is 31.2 Å². The number of ether oxygens (including phenoxy) is 2. The van der Waals surface area contributed by atoms with Gasteiger partial charge in [0, 0.05) is 12.4 Å². The first-order valence-electron chi connectivity index (χ1n) is 6.25. The lowest BCUT2D eigenvalue weighted by molar-refractivity contribution is 0.0946. The van der Waals surface area contributed by atoms with Crippen LogP contribution < -0.4 is 14.8 Å². The van der Waals surface area contributed by atoms with Gasteiger partial charge in [-0.25, -0.2) is 0 Å². The summed E-state index contributed by atoms with van der Waals surface area (Å²) in [6, 6.07) is 10.8. The molecule has 1 aromatic carbocycles. The van der Waals surface area contributed by atoms with E-state index in [1.165, 1.54) is 6.20 Å². The van der Waals surface area contributed by atoms with Gasteiger partial charge in [-0.3, -0.25) is 9.78 Å². The quantitative estimate of drug-likeness (QED) is 0.816. The maximum absolute atomic E-state index is 11.7. The number of carbonyl (C=O) groups is 1. The van der Waals surface area contributed by atoms with Gasteiger partial charge in [0.25, 0.3) is 5.91 Å². The van der Waals surface area contributed by atoms with Crippen molar-refractivity contribution in [3.8, 4) is 11.5 Å². The van der Waals surface area contributed by atoms with Gasteiger partial charge in [-0.1, -0.05) is 12.1 Å². The summed E-state index contributed by atoms with van der Waals surface area (Å²) in [5.41, 5.74) is 0.532. The Morgan fingerprint density at radius 3 is 2.70 bits per heavy atom. The molecule has 0 saturated carbocycles. The molecule has 0 fully saturated rings. The topological polar surface area (TPSA) is 60.5 Å². The van der Waals surface area contributed by atoms with Gasteiger partial charge in [0.2, 0.25) is 0 Å². The summed E-state index contributed by atoms with van der Waals surface area (Å²) < 4.78 is 10.7. The van der Waals surface area contributed by atoms with Gasteiger partial charge in [-0.2, -0.15) is 0 Å². The predicted octanol–water partition coefficient (Wildman–Crippen LogP) is 1.90. The first kappa shape index (κ1) is 13.9. The highest BCUT2D eigenvalue weighted by molar-refractivity contribution is 5.93. The first-order chi connectivity index (χ1) is 9.81. The van der Waals surface area contributed by atoms with Crippen LogP contribution in [0.15, 0.2) is 48.8 Å². The van der Waals surface area contributed by atoms with Crippen molar-refractivity contribution < 1.29 is 14.3 Å². The van der Waals surface area contributed by atoms with Crippen LogP contribution in [0.3, 0.4) is 0 Å². The number of nitrogens with one attached hydrogen (secondary N) is 1. The average Bonchev–Trinajstić information content (AvgIpc) is 2.52. The Hall–Kier alpha value is -2.56. The largest absolute Gasteiger partial charge is 0.493 e. The zero-order valence-corrected chi connectivity index (χ0v) is 11.2. The van der Waals surface area contributed by atoms with Gasteiger partial charge < -0.3 is 14.8 Å². The average molecular weight is 272 g/mol. The zero-order chi connectivity index (χ0) is 14.2. The Balaban J connectivity index is 1.78. The standard InChI is InChI=1S/C15H16N2O3/c1-19-13-6-2-3-7-14(13)20-10-9-17-15(18)12-5-4-8-16-11-12/h2-8,11H,9-10H2,1H3,(H,17,18). The fourth-order valence-corrected chi connectivity index (χ4v) is 1.66. The minimum atomic E-state index is -0.165. The fourth-order valence-electron chi connectivity index (χ4n) is 1.66. The van der Waals surface area contributed by atoms with E-state index in [4.69, 9.17) is 9.47 Å². The number of pyridine rings is 1. The number of nitrogens with zero attached hydrogens (tertiary/aromatic N) is 1. The van der Waals surface area contributed by atoms with Crippen molar-refractivity contribution in [2.45, 2.75) is 0 Å². The number of benzene rings is 1. The lowest BCUT2D eigenvalue weighted by Crippen LogP contribution is -2.28. The van der Waals surface area contributed by atoms with Gasteiger partial charge in [0.05, 0.1) is 19.2 Å². The van der Waals surface area contributed by atoms with Gasteiger partial charge in [-0.05, 0) is 24.3 Å². The molecule has 0 aliphatic heterocycles. The van der Waals surface area contributed by atoms with Crippen molar-refractivity contribution in [1.82, 2.24) is 10.3 Å². The molecule has 0 radical (unpaired) electrons. The maximum Gasteiger partial charge on any atom is 0.252 e. The highest BCUT2D eigenvalue weighted by Crippen LogP contribution is 2.25. The van der Waals surface area contributed by atoms with E-state index in [1.807, 2.05) is 24.3 Å². The Kier molecular flexibility index (Phi) is 4.94. The van der Waals surface area contributed by atoms with Crippen molar-refractivity contribution >= 4 is 5.91 Å². The van der Waals surface area contributed by atoms with Gasteiger partial charge >= 0.3 is 0 Å². The second kappa shape index (κ2) is 7.13. The highest BCUT2D eigenvalue weighted by Gasteiger charge is 2.05. The van der Waals surface area contributed by atoms with Crippen LogP contribution in [0.1, 0.15) is 10.4 Å². The van der Waals surface area contributed by atoms with E-state index in [0.29, 0.717) is 30.2 Å². The summed E-state index contributed by atoms with van der Waals surface area (Å²) in [6.07, 6.45) is 3.15. The van der Waals surface area contributed by atoms with Crippen molar-refractivity contribution in [1.29, 1.82) is 0 Å². The number of hydrogen-bond acceptors (Lipinski definition) is 4. The van der Waals surface area contributed by atoms with Crippen LogP contribution in [-0.2, 0) is 0 Å². The summed E-state index contributed by atoms with van der Waals surface area (Å²) in [4.78, 5) is 15.6. The molecule has 0 aliphatic carbocycles. The van der Waals surface area contributed by atoms with Crippen LogP contribution in [0, 0.1) is 0 Å². The number of hydrogen-bond donors (Lipinski definition) is 1. The van der Waals surface area contributed by atoms with Crippen LogP contribution >= 0.6 is 0 Å². The number of para-hydroxylation sites is 2. The number of aromatic nitrogens is 1. The molecule has 0 saturated heterocycles. The van der Waals surface area contributed by atoms with Crippen LogP contribution in [0.25, 0.3) is 0 Å². The Morgan fingerprint density at radius 2 is 2.00 bits per heavy atom. The molecule has 0 spiro atoms. The minimum absolute atomic E-state index is 0.165. The molecule has 0 unspecified atom stereocenters. The third kappa shape index (κ3) is 3.71. The molecule has 5 nitrogen and oxygen atoms in total. The molecule has 1 N–H and O–H groups in total. The van der Waals surface area contributed by atoms with E-state index in [0.717, 1.165) is 0 Å². The van der Waals surface area contributed by atoms with Crippen molar-refractivity contribution in [2.24, 2.45) is 0 Å². The molecule has 1 amide bonds. The zero-order valence-electron chi connectivity index (χ0n) is 11.2. The van der Waals surface area contributed by atoms with Crippen molar-refractivity contribution in [3.05, 3.63) is 54.4 Å². The molecule has 0 atom stereocenters. The summed E-state index contributed by atoms with van der Waals surface area (Å²) in [5, 5.41) is 2.76. The van der Waals surface area contributed by atoms with Gasteiger partial charge in [0.1, 0.15) is 6.61 Å². The summed E-state index contributed by atoms with van der Waals surface area (Å²) in [7, 11) is 1.59. The van der Waals surface area contributed by atoms with E-state index >= 15 is 0 Å². The van der Waals surface area contributed by atoms with Crippen LogP contribution in [0.4, 0.5) is 0 Å². The smallest absolute Gasteiger partial charge is 0.252 e. The van der Waals surface area contributed by atoms with Crippen LogP contribution in [0.5, 0.6) is 11.5 Å². The van der Waals surface area contributed by atoms with E-state index in [1.54, 1.807) is 25.4 Å². The Morgan fingerprint density at radius 1 is 1.20 bits per heavy atom. The van der Waals surface area contributed by atoms with E-state index in [-0.39, 0.29) is 5.91 Å². The molecule has 104 valence electrons. The Bertz CT molecular complexity index is 558. The molecule has 2 aromatic rings. The molecular formula is C15H16N2O3. The van der Waals surface area contributed by atoms with Gasteiger partial charge in [-0.15, -0.1) is 0 Å². The number of rotatable bonds is 6. The molecule has 0 aliphatic rings. The lowest BCUT2D eigenvalue weighted by Gasteiger charge is -2.10. The molecule has 0 bridgehead atoms. The molecule has 5 heteroatoms.